The number of H-pyrrole nitrogens is 1. The van der Waals surface area contributed by atoms with Crippen LogP contribution in [0.3, 0.4) is 0 Å². The Bertz CT molecular complexity index is 466. The second-order valence-corrected chi connectivity index (χ2v) is 4.86. The fourth-order valence-electron chi connectivity index (χ4n) is 2.73. The van der Waals surface area contributed by atoms with E-state index in [-0.39, 0.29) is 0 Å². The molecule has 3 rings (SSSR count). The van der Waals surface area contributed by atoms with Crippen LogP contribution in [0.1, 0.15) is 24.8 Å². The van der Waals surface area contributed by atoms with Gasteiger partial charge in [0.2, 0.25) is 0 Å². The van der Waals surface area contributed by atoms with Gasteiger partial charge in [-0.2, -0.15) is 10.3 Å². The summed E-state index contributed by atoms with van der Waals surface area (Å²) >= 11 is 0. The van der Waals surface area contributed by atoms with Crippen LogP contribution in [0.2, 0.25) is 0 Å². The quantitative estimate of drug-likeness (QED) is 0.899. The number of hydrogen-bond acceptors (Lipinski definition) is 3. The standard InChI is InChI=1S/C14H18N4/c1-2-6-12(7-3-1)10-13-8-4-5-9-18(13)14-11-15-17-16-14/h1-3,6-7,11,13H,4-5,8-10H2,(H,15,16,17). The van der Waals surface area contributed by atoms with Crippen LogP contribution in [0.4, 0.5) is 5.82 Å². The molecule has 1 unspecified atom stereocenters. The van der Waals surface area contributed by atoms with Crippen molar-refractivity contribution >= 4 is 5.82 Å². The van der Waals surface area contributed by atoms with Crippen molar-refractivity contribution in [1.82, 2.24) is 15.4 Å². The zero-order chi connectivity index (χ0) is 12.2. The molecule has 0 spiro atoms. The number of aromatic nitrogens is 3. The first-order valence-electron chi connectivity index (χ1n) is 6.60. The van der Waals surface area contributed by atoms with E-state index in [1.165, 1.54) is 24.8 Å². The first-order valence-corrected chi connectivity index (χ1v) is 6.60. The smallest absolute Gasteiger partial charge is 0.171 e. The second-order valence-electron chi connectivity index (χ2n) is 4.86. The molecule has 1 aliphatic rings. The minimum Gasteiger partial charge on any atom is -0.350 e. The van der Waals surface area contributed by atoms with E-state index in [9.17, 15) is 0 Å². The number of rotatable bonds is 3. The number of benzene rings is 1. The average molecular weight is 242 g/mol. The van der Waals surface area contributed by atoms with Crippen molar-refractivity contribution in [2.45, 2.75) is 31.7 Å². The molecule has 0 saturated carbocycles. The fraction of sp³-hybridized carbons (Fsp3) is 0.429. The Labute approximate surface area is 107 Å². The number of hydrogen-bond donors (Lipinski definition) is 1. The third-order valence-corrected chi connectivity index (χ3v) is 3.64. The zero-order valence-electron chi connectivity index (χ0n) is 10.4. The third kappa shape index (κ3) is 2.37. The Kier molecular flexibility index (Phi) is 3.26. The highest BCUT2D eigenvalue weighted by Gasteiger charge is 2.24. The predicted octanol–water partition coefficient (Wildman–Crippen LogP) is 2.41. The lowest BCUT2D eigenvalue weighted by Crippen LogP contribution is -2.41. The molecule has 2 heterocycles. The van der Waals surface area contributed by atoms with Gasteiger partial charge in [-0.05, 0) is 31.2 Å². The van der Waals surface area contributed by atoms with E-state index in [1.807, 2.05) is 6.20 Å². The molecule has 0 bridgehead atoms. The van der Waals surface area contributed by atoms with E-state index in [2.05, 4.69) is 50.6 Å². The van der Waals surface area contributed by atoms with Gasteiger partial charge in [-0.15, -0.1) is 5.10 Å². The summed E-state index contributed by atoms with van der Waals surface area (Å²) in [7, 11) is 0. The van der Waals surface area contributed by atoms with Crippen LogP contribution in [0.25, 0.3) is 0 Å². The normalized spacial score (nSPS) is 20.0. The van der Waals surface area contributed by atoms with E-state index in [0.29, 0.717) is 6.04 Å². The van der Waals surface area contributed by atoms with Gasteiger partial charge in [0.25, 0.3) is 0 Å². The number of anilines is 1. The number of piperidine rings is 1. The van der Waals surface area contributed by atoms with Crippen LogP contribution in [0.15, 0.2) is 36.5 Å². The molecule has 1 aromatic heterocycles. The van der Waals surface area contributed by atoms with Gasteiger partial charge in [-0.25, -0.2) is 0 Å². The van der Waals surface area contributed by atoms with Gasteiger partial charge in [-0.3, -0.25) is 0 Å². The molecule has 1 atom stereocenters. The predicted molar refractivity (Wildman–Crippen MR) is 71.5 cm³/mol. The SMILES string of the molecule is c1ccc(CC2CCCCN2c2cn[nH]n2)cc1. The molecule has 1 aromatic carbocycles. The lowest BCUT2D eigenvalue weighted by Gasteiger charge is -2.35. The van der Waals surface area contributed by atoms with Crippen LogP contribution in [0.5, 0.6) is 0 Å². The highest BCUT2D eigenvalue weighted by atomic mass is 15.4. The monoisotopic (exact) mass is 242 g/mol. The minimum absolute atomic E-state index is 0.547. The molecular weight excluding hydrogens is 224 g/mol. The molecule has 4 nitrogen and oxygen atoms in total. The molecular formula is C14H18N4. The first-order chi connectivity index (χ1) is 8.93. The molecule has 1 N–H and O–H groups in total. The molecule has 1 aliphatic heterocycles. The summed E-state index contributed by atoms with van der Waals surface area (Å²) in [6.45, 7) is 1.09. The van der Waals surface area contributed by atoms with Crippen LogP contribution in [-0.2, 0) is 6.42 Å². The minimum atomic E-state index is 0.547. The van der Waals surface area contributed by atoms with E-state index < -0.39 is 0 Å². The van der Waals surface area contributed by atoms with E-state index in [4.69, 9.17) is 0 Å². The van der Waals surface area contributed by atoms with E-state index in [0.717, 1.165) is 18.8 Å². The third-order valence-electron chi connectivity index (χ3n) is 3.64. The molecule has 0 aliphatic carbocycles. The van der Waals surface area contributed by atoms with Gasteiger partial charge in [0.1, 0.15) is 0 Å². The number of nitrogens with one attached hydrogen (secondary N) is 1. The van der Waals surface area contributed by atoms with Crippen LogP contribution < -0.4 is 4.90 Å². The highest BCUT2D eigenvalue weighted by Crippen LogP contribution is 2.24. The van der Waals surface area contributed by atoms with Gasteiger partial charge < -0.3 is 4.90 Å². The van der Waals surface area contributed by atoms with Crippen molar-refractivity contribution in [2.24, 2.45) is 0 Å². The van der Waals surface area contributed by atoms with Gasteiger partial charge in [-0.1, -0.05) is 30.3 Å². The molecule has 1 fully saturated rings. The fourth-order valence-corrected chi connectivity index (χ4v) is 2.73. The van der Waals surface area contributed by atoms with Gasteiger partial charge in [0.15, 0.2) is 5.82 Å². The molecule has 0 radical (unpaired) electrons. The van der Waals surface area contributed by atoms with Gasteiger partial charge in [0, 0.05) is 12.6 Å². The van der Waals surface area contributed by atoms with Crippen molar-refractivity contribution in [3.8, 4) is 0 Å². The van der Waals surface area contributed by atoms with E-state index >= 15 is 0 Å². The largest absolute Gasteiger partial charge is 0.350 e. The first kappa shape index (κ1) is 11.3. The van der Waals surface area contributed by atoms with Crippen molar-refractivity contribution < 1.29 is 0 Å². The zero-order valence-corrected chi connectivity index (χ0v) is 10.4. The lowest BCUT2D eigenvalue weighted by atomic mass is 9.96. The molecule has 1 saturated heterocycles. The maximum atomic E-state index is 4.22. The van der Waals surface area contributed by atoms with Crippen molar-refractivity contribution in [3.63, 3.8) is 0 Å². The summed E-state index contributed by atoms with van der Waals surface area (Å²) in [5.74, 6) is 0.982. The summed E-state index contributed by atoms with van der Waals surface area (Å²) in [4.78, 5) is 2.39. The molecule has 2 aromatic rings. The maximum absolute atomic E-state index is 4.22. The maximum Gasteiger partial charge on any atom is 0.171 e. The van der Waals surface area contributed by atoms with Gasteiger partial charge >= 0.3 is 0 Å². The average Bonchev–Trinajstić information content (AvgIpc) is 2.94. The molecule has 4 heteroatoms. The Morgan fingerprint density at radius 3 is 2.89 bits per heavy atom. The Hall–Kier alpha value is -1.84. The lowest BCUT2D eigenvalue weighted by molar-refractivity contribution is 0.454. The van der Waals surface area contributed by atoms with E-state index in [1.54, 1.807) is 0 Å². The van der Waals surface area contributed by atoms with Crippen LogP contribution >= 0.6 is 0 Å². The Balaban J connectivity index is 1.76. The van der Waals surface area contributed by atoms with Crippen LogP contribution in [-0.4, -0.2) is 28.0 Å². The molecule has 94 valence electrons. The summed E-state index contributed by atoms with van der Waals surface area (Å²) in [6, 6.07) is 11.2. The topological polar surface area (TPSA) is 44.8 Å². The number of nitrogens with zero attached hydrogens (tertiary/aromatic N) is 3. The summed E-state index contributed by atoms with van der Waals surface area (Å²) in [5.41, 5.74) is 1.40. The van der Waals surface area contributed by atoms with Crippen molar-refractivity contribution in [2.75, 3.05) is 11.4 Å². The number of aromatic amines is 1. The molecule has 18 heavy (non-hydrogen) atoms. The van der Waals surface area contributed by atoms with Crippen molar-refractivity contribution in [1.29, 1.82) is 0 Å². The second kappa shape index (κ2) is 5.21. The summed E-state index contributed by atoms with van der Waals surface area (Å²) in [5, 5.41) is 10.9. The van der Waals surface area contributed by atoms with Crippen molar-refractivity contribution in [3.05, 3.63) is 42.1 Å². The Morgan fingerprint density at radius 2 is 2.11 bits per heavy atom. The van der Waals surface area contributed by atoms with Crippen LogP contribution in [0, 0.1) is 0 Å². The molecule has 0 amide bonds. The summed E-state index contributed by atoms with van der Waals surface area (Å²) in [6.07, 6.45) is 6.71. The van der Waals surface area contributed by atoms with Gasteiger partial charge in [0.05, 0.1) is 6.20 Å². The highest BCUT2D eigenvalue weighted by molar-refractivity contribution is 5.37. The summed E-state index contributed by atoms with van der Waals surface area (Å²) < 4.78 is 0. The Morgan fingerprint density at radius 1 is 1.22 bits per heavy atom.